The number of amides is 2. The molecule has 0 unspecified atom stereocenters. The summed E-state index contributed by atoms with van der Waals surface area (Å²) in [6, 6.07) is 8.39. The van der Waals surface area contributed by atoms with Crippen molar-refractivity contribution in [2.24, 2.45) is 0 Å². The minimum Gasteiger partial charge on any atom is -0.475 e. The Hall–Kier alpha value is -3.20. The van der Waals surface area contributed by atoms with Gasteiger partial charge in [0.25, 0.3) is 11.8 Å². The molecule has 1 aromatic carbocycles. The van der Waals surface area contributed by atoms with Gasteiger partial charge in [-0.05, 0) is 51.5 Å². The van der Waals surface area contributed by atoms with Crippen molar-refractivity contribution >= 4 is 23.2 Å². The normalized spacial score (nSPS) is 14.3. The van der Waals surface area contributed by atoms with Crippen molar-refractivity contribution in [2.45, 2.75) is 52.1 Å². The van der Waals surface area contributed by atoms with Crippen molar-refractivity contribution in [2.75, 3.05) is 30.9 Å². The molecule has 33 heavy (non-hydrogen) atoms. The molecular weight excluding hydrogens is 427 g/mol. The maximum atomic E-state index is 14.4. The van der Waals surface area contributed by atoms with E-state index in [0.717, 1.165) is 0 Å². The number of carbonyl (C=O) groups is 2. The topological polar surface area (TPSA) is 95.0 Å². The molecule has 0 saturated heterocycles. The third kappa shape index (κ3) is 5.60. The molecule has 2 aromatic rings. The fraction of sp³-hybridized carbons (Fsp3) is 0.458. The summed E-state index contributed by atoms with van der Waals surface area (Å²) in [5.41, 5.74) is 0.908. The van der Waals surface area contributed by atoms with Gasteiger partial charge in [0.2, 0.25) is 5.88 Å². The Labute approximate surface area is 193 Å². The van der Waals surface area contributed by atoms with Gasteiger partial charge >= 0.3 is 0 Å². The first-order valence-corrected chi connectivity index (χ1v) is 10.8. The Morgan fingerprint density at radius 1 is 1.33 bits per heavy atom. The van der Waals surface area contributed by atoms with E-state index in [-0.39, 0.29) is 30.8 Å². The summed E-state index contributed by atoms with van der Waals surface area (Å²) in [6.45, 7) is 6.47. The Balaban J connectivity index is 1.86. The third-order valence-electron chi connectivity index (χ3n) is 5.29. The number of aliphatic hydroxyl groups is 1. The quantitative estimate of drug-likeness (QED) is 0.631. The molecule has 178 valence electrons. The number of anilines is 2. The number of benzene rings is 1. The second-order valence-electron chi connectivity index (χ2n) is 9.21. The second-order valence-corrected chi connectivity index (χ2v) is 9.21. The smallest absolute Gasteiger partial charge is 0.274 e. The average molecular weight is 459 g/mol. The number of carbonyl (C=O) groups excluding carboxylic acids is 2. The lowest BCUT2D eigenvalue weighted by atomic mass is 10.0. The van der Waals surface area contributed by atoms with Crippen LogP contribution in [-0.4, -0.2) is 65.3 Å². The van der Waals surface area contributed by atoms with E-state index < -0.39 is 17.7 Å². The lowest BCUT2D eigenvalue weighted by Gasteiger charge is -2.26. The molecule has 9 heteroatoms. The summed E-state index contributed by atoms with van der Waals surface area (Å²) in [7, 11) is 3.60. The maximum Gasteiger partial charge on any atom is 0.274 e. The highest BCUT2D eigenvalue weighted by Gasteiger charge is 2.35. The van der Waals surface area contributed by atoms with Gasteiger partial charge in [-0.3, -0.25) is 9.59 Å². The zero-order valence-corrected chi connectivity index (χ0v) is 19.8. The zero-order chi connectivity index (χ0) is 24.5. The summed E-state index contributed by atoms with van der Waals surface area (Å²) in [6.07, 6.45) is -1.66. The number of ether oxygens (including phenoxy) is 1. The molecule has 8 nitrogen and oxygen atoms in total. The number of nitrogens with one attached hydrogen (secondary N) is 1. The van der Waals surface area contributed by atoms with Crippen molar-refractivity contribution in [3.8, 4) is 5.88 Å². The molecule has 0 aliphatic carbocycles. The Bertz CT molecular complexity index is 1050. The van der Waals surface area contributed by atoms with E-state index in [2.05, 4.69) is 10.3 Å². The first-order chi connectivity index (χ1) is 15.4. The molecular formula is C24H31FN4O4. The van der Waals surface area contributed by atoms with Crippen LogP contribution in [0.5, 0.6) is 5.88 Å². The maximum absolute atomic E-state index is 14.4. The van der Waals surface area contributed by atoms with Crippen molar-refractivity contribution in [1.29, 1.82) is 0 Å². The van der Waals surface area contributed by atoms with Crippen molar-refractivity contribution < 1.29 is 23.8 Å². The number of hydrogen-bond acceptors (Lipinski definition) is 6. The molecule has 2 amide bonds. The Kier molecular flexibility index (Phi) is 6.92. The number of alkyl halides is 1. The van der Waals surface area contributed by atoms with Crippen LogP contribution in [0, 0.1) is 0 Å². The number of rotatable bonds is 8. The van der Waals surface area contributed by atoms with E-state index in [1.165, 1.54) is 18.7 Å². The minimum absolute atomic E-state index is 0.0753. The lowest BCUT2D eigenvalue weighted by Crippen LogP contribution is -2.42. The van der Waals surface area contributed by atoms with Crippen LogP contribution in [0.4, 0.5) is 15.8 Å². The van der Waals surface area contributed by atoms with Gasteiger partial charge in [0.15, 0.2) is 0 Å². The SMILES string of the molecule is CC(C)Oc1cccc(C(=O)Nc2cc3c(cc2N(C)C)C(=O)N(C[C@@H](F)C(C)(C)O)C3)n1. The number of hydrogen-bond donors (Lipinski definition) is 2. The van der Waals surface area contributed by atoms with Crippen LogP contribution >= 0.6 is 0 Å². The molecule has 2 heterocycles. The molecule has 0 radical (unpaired) electrons. The third-order valence-corrected chi connectivity index (χ3v) is 5.29. The first kappa shape index (κ1) is 24.4. The zero-order valence-electron chi connectivity index (χ0n) is 19.8. The highest BCUT2D eigenvalue weighted by atomic mass is 19.1. The summed E-state index contributed by atoms with van der Waals surface area (Å²) in [5.74, 6) is -0.370. The van der Waals surface area contributed by atoms with E-state index >= 15 is 0 Å². The molecule has 0 saturated carbocycles. The Morgan fingerprint density at radius 3 is 2.64 bits per heavy atom. The second kappa shape index (κ2) is 9.35. The van der Waals surface area contributed by atoms with E-state index in [0.29, 0.717) is 28.4 Å². The van der Waals surface area contributed by atoms with Gasteiger partial charge < -0.3 is 25.0 Å². The van der Waals surface area contributed by atoms with E-state index in [9.17, 15) is 19.1 Å². The van der Waals surface area contributed by atoms with Crippen molar-refractivity contribution in [3.63, 3.8) is 0 Å². The highest BCUT2D eigenvalue weighted by molar-refractivity contribution is 6.06. The number of nitrogens with zero attached hydrogens (tertiary/aromatic N) is 3. The molecule has 0 fully saturated rings. The monoisotopic (exact) mass is 458 g/mol. The number of halogens is 1. The van der Waals surface area contributed by atoms with E-state index in [1.807, 2.05) is 13.8 Å². The Morgan fingerprint density at radius 2 is 2.03 bits per heavy atom. The fourth-order valence-electron chi connectivity index (χ4n) is 3.48. The van der Waals surface area contributed by atoms with Gasteiger partial charge in [0.05, 0.1) is 29.6 Å². The van der Waals surface area contributed by atoms with Crippen LogP contribution < -0.4 is 15.0 Å². The van der Waals surface area contributed by atoms with E-state index in [4.69, 9.17) is 4.74 Å². The van der Waals surface area contributed by atoms with Crippen LogP contribution in [-0.2, 0) is 6.54 Å². The molecule has 1 atom stereocenters. The van der Waals surface area contributed by atoms with Gasteiger partial charge in [-0.2, -0.15) is 0 Å². The molecule has 1 aliphatic rings. The predicted molar refractivity (Wildman–Crippen MR) is 125 cm³/mol. The van der Waals surface area contributed by atoms with E-state index in [1.54, 1.807) is 49.3 Å². The van der Waals surface area contributed by atoms with Gasteiger partial charge in [-0.15, -0.1) is 0 Å². The van der Waals surface area contributed by atoms with Gasteiger partial charge in [0, 0.05) is 32.3 Å². The van der Waals surface area contributed by atoms with Gasteiger partial charge in [-0.1, -0.05) is 6.07 Å². The number of fused-ring (bicyclic) bond motifs is 1. The van der Waals surface area contributed by atoms with Gasteiger partial charge in [-0.25, -0.2) is 9.37 Å². The fourth-order valence-corrected chi connectivity index (χ4v) is 3.48. The summed E-state index contributed by atoms with van der Waals surface area (Å²) in [4.78, 5) is 33.2. The average Bonchev–Trinajstić information content (AvgIpc) is 3.00. The molecule has 0 bridgehead atoms. The standard InChI is InChI=1S/C24H31FN4O4/c1-14(2)33-21-9-7-8-17(26-21)22(30)27-18-10-15-12-29(13-20(25)24(3,4)32)23(31)16(15)11-19(18)28(5)6/h7-11,14,20,32H,12-13H2,1-6H3,(H,27,30)/t20-/m1/s1. The minimum atomic E-state index is -1.59. The molecule has 3 rings (SSSR count). The van der Waals surface area contributed by atoms with Crippen molar-refractivity contribution in [3.05, 3.63) is 47.2 Å². The molecule has 0 spiro atoms. The summed E-state index contributed by atoms with van der Waals surface area (Å²) < 4.78 is 20.0. The van der Waals surface area contributed by atoms with Crippen LogP contribution in [0.3, 0.4) is 0 Å². The van der Waals surface area contributed by atoms with Crippen LogP contribution in [0.25, 0.3) is 0 Å². The van der Waals surface area contributed by atoms with Crippen LogP contribution in [0.2, 0.25) is 0 Å². The van der Waals surface area contributed by atoms with Crippen LogP contribution in [0.15, 0.2) is 30.3 Å². The van der Waals surface area contributed by atoms with Crippen molar-refractivity contribution in [1.82, 2.24) is 9.88 Å². The summed E-state index contributed by atoms with van der Waals surface area (Å²) >= 11 is 0. The first-order valence-electron chi connectivity index (χ1n) is 10.8. The molecule has 1 aromatic heterocycles. The highest BCUT2D eigenvalue weighted by Crippen LogP contribution is 2.34. The van der Waals surface area contributed by atoms with Crippen LogP contribution in [0.1, 0.15) is 54.1 Å². The molecule has 1 aliphatic heterocycles. The lowest BCUT2D eigenvalue weighted by molar-refractivity contribution is -0.0159. The predicted octanol–water partition coefficient (Wildman–Crippen LogP) is 3.25. The largest absolute Gasteiger partial charge is 0.475 e. The van der Waals surface area contributed by atoms with Gasteiger partial charge in [0.1, 0.15) is 11.9 Å². The number of aromatic nitrogens is 1. The number of pyridine rings is 1. The summed E-state index contributed by atoms with van der Waals surface area (Å²) in [5, 5.41) is 12.8. The molecule has 2 N–H and O–H groups in total.